The number of hydrogen-bond donors (Lipinski definition) is 4. The number of nitro benzene ring substituents is 1. The van der Waals surface area contributed by atoms with Crippen molar-refractivity contribution >= 4 is 17.6 Å². The molecule has 1 aromatic rings. The molecule has 0 fully saturated rings. The van der Waals surface area contributed by atoms with Crippen LogP contribution in [0.2, 0.25) is 0 Å². The Morgan fingerprint density at radius 1 is 1.04 bits per heavy atom. The van der Waals surface area contributed by atoms with Crippen molar-refractivity contribution in [1.82, 2.24) is 0 Å². The Balaban J connectivity index is 0.000000263. The molecule has 0 aromatic heterocycles. The molecule has 1 aromatic carbocycles. The Bertz CT molecular complexity index is 795. The second-order valence-electron chi connectivity index (χ2n) is 5.05. The van der Waals surface area contributed by atoms with E-state index in [1.807, 2.05) is 0 Å². The van der Waals surface area contributed by atoms with Gasteiger partial charge < -0.3 is 21.7 Å². The van der Waals surface area contributed by atoms with E-state index in [9.17, 15) is 29.8 Å². The summed E-state index contributed by atoms with van der Waals surface area (Å²) in [5, 5.41) is 38.0. The maximum atomic E-state index is 10.7. The van der Waals surface area contributed by atoms with Gasteiger partial charge >= 0.3 is 11.9 Å². The second kappa shape index (κ2) is 7.96. The van der Waals surface area contributed by atoms with Gasteiger partial charge in [0.05, 0.1) is 9.85 Å². The molecule has 0 atom stereocenters. The van der Waals surface area contributed by atoms with Crippen molar-refractivity contribution in [1.29, 1.82) is 0 Å². The highest BCUT2D eigenvalue weighted by molar-refractivity contribution is 5.92. The number of nitrogens with two attached hydrogens (primary N) is 2. The number of nitrogens with zero attached hydrogens (tertiary/aromatic N) is 2. The number of rotatable bonds is 4. The summed E-state index contributed by atoms with van der Waals surface area (Å²) in [5.74, 6) is -2.76. The van der Waals surface area contributed by atoms with Crippen LogP contribution >= 0.6 is 0 Å². The molecule has 0 unspecified atom stereocenters. The molecule has 0 spiro atoms. The fourth-order valence-electron chi connectivity index (χ4n) is 2.06. The first-order chi connectivity index (χ1) is 12.0. The number of carbonyl (C=O) groups is 2. The van der Waals surface area contributed by atoms with Gasteiger partial charge in [-0.25, -0.2) is 9.59 Å². The van der Waals surface area contributed by atoms with Gasteiger partial charge in [-0.05, 0) is 6.07 Å². The summed E-state index contributed by atoms with van der Waals surface area (Å²) in [6.07, 6.45) is 2.54. The summed E-state index contributed by atoms with van der Waals surface area (Å²) in [6.45, 7) is 0. The first-order valence-corrected chi connectivity index (χ1v) is 6.82. The zero-order valence-electron chi connectivity index (χ0n) is 13.1. The zero-order valence-corrected chi connectivity index (χ0v) is 13.1. The van der Waals surface area contributed by atoms with Crippen molar-refractivity contribution < 1.29 is 29.6 Å². The number of aromatic carboxylic acids is 1. The lowest BCUT2D eigenvalue weighted by Gasteiger charge is -2.25. The summed E-state index contributed by atoms with van der Waals surface area (Å²) in [6, 6.07) is 5.21. The minimum Gasteiger partial charge on any atom is -0.478 e. The molecule has 1 aliphatic rings. The summed E-state index contributed by atoms with van der Waals surface area (Å²) in [7, 11) is 0. The third kappa shape index (κ3) is 4.68. The molecular weight excluding hydrogens is 352 g/mol. The lowest BCUT2D eigenvalue weighted by molar-refractivity contribution is -0.420. The molecule has 0 heterocycles. The summed E-state index contributed by atoms with van der Waals surface area (Å²) in [5.41, 5.74) is 7.39. The molecule has 0 radical (unpaired) electrons. The molecule has 1 aliphatic carbocycles. The van der Waals surface area contributed by atoms with Crippen molar-refractivity contribution in [3.8, 4) is 0 Å². The maximum absolute atomic E-state index is 10.7. The van der Waals surface area contributed by atoms with Gasteiger partial charge in [0.2, 0.25) is 0 Å². The molecule has 6 N–H and O–H groups in total. The monoisotopic (exact) mass is 366 g/mol. The van der Waals surface area contributed by atoms with E-state index in [0.29, 0.717) is 0 Å². The van der Waals surface area contributed by atoms with Gasteiger partial charge in [0.25, 0.3) is 11.4 Å². The number of hydrogen-bond acceptors (Lipinski definition) is 8. The third-order valence-electron chi connectivity index (χ3n) is 3.19. The first-order valence-electron chi connectivity index (χ1n) is 6.82. The van der Waals surface area contributed by atoms with Gasteiger partial charge in [-0.2, -0.15) is 0 Å². The minimum atomic E-state index is -1.68. The molecule has 2 rings (SSSR count). The zero-order chi connectivity index (χ0) is 20.1. The highest BCUT2D eigenvalue weighted by atomic mass is 16.6. The van der Waals surface area contributed by atoms with E-state index in [0.717, 1.165) is 12.1 Å². The van der Waals surface area contributed by atoms with Crippen LogP contribution in [-0.2, 0) is 4.79 Å². The number of para-hydroxylation sites is 1. The standard InChI is InChI=1S/C7H9N3O4.C7H5NO4/c8-7(9)3-1-2-4(10(13)14)5(7)6(11)12;9-7(10)5-3-1-2-4-6(5)8(11)12/h1-2H,3,8-9H2,(H,11,12);1-4H,(H,9,10). The fraction of sp³-hybridized carbons (Fsp3) is 0.143. The molecule has 26 heavy (non-hydrogen) atoms. The van der Waals surface area contributed by atoms with E-state index < -0.39 is 38.7 Å². The molecule has 138 valence electrons. The number of benzene rings is 1. The van der Waals surface area contributed by atoms with E-state index >= 15 is 0 Å². The summed E-state index contributed by atoms with van der Waals surface area (Å²) >= 11 is 0. The highest BCUT2D eigenvalue weighted by Crippen LogP contribution is 2.24. The first kappa shape index (κ1) is 20.4. The van der Waals surface area contributed by atoms with Crippen LogP contribution in [0.1, 0.15) is 16.8 Å². The molecule has 0 aliphatic heterocycles. The van der Waals surface area contributed by atoms with E-state index in [1.54, 1.807) is 0 Å². The lowest BCUT2D eigenvalue weighted by atomic mass is 9.91. The Kier molecular flexibility index (Phi) is 6.24. The van der Waals surface area contributed by atoms with E-state index in [-0.39, 0.29) is 17.7 Å². The van der Waals surface area contributed by atoms with Gasteiger partial charge in [-0.15, -0.1) is 0 Å². The van der Waals surface area contributed by atoms with Gasteiger partial charge in [0.1, 0.15) is 16.8 Å². The van der Waals surface area contributed by atoms with Crippen molar-refractivity contribution in [3.63, 3.8) is 0 Å². The van der Waals surface area contributed by atoms with Crippen LogP contribution in [0.15, 0.2) is 47.7 Å². The average Bonchev–Trinajstić information content (AvgIpc) is 2.53. The average molecular weight is 366 g/mol. The number of aliphatic carboxylic acids is 1. The molecule has 0 saturated heterocycles. The number of carboxylic acids is 2. The number of allylic oxidation sites excluding steroid dienone is 1. The predicted molar refractivity (Wildman–Crippen MR) is 86.6 cm³/mol. The molecule has 0 saturated carbocycles. The molecule has 12 heteroatoms. The van der Waals surface area contributed by atoms with E-state index in [1.165, 1.54) is 24.3 Å². The van der Waals surface area contributed by atoms with Crippen LogP contribution < -0.4 is 11.5 Å². The predicted octanol–water partition coefficient (Wildman–Crippen LogP) is 0.468. The number of carboxylic acid groups (broad SMARTS) is 2. The van der Waals surface area contributed by atoms with Crippen molar-refractivity contribution in [2.45, 2.75) is 12.1 Å². The maximum Gasteiger partial charge on any atom is 0.342 e. The largest absolute Gasteiger partial charge is 0.478 e. The van der Waals surface area contributed by atoms with Gasteiger partial charge in [0, 0.05) is 18.6 Å². The van der Waals surface area contributed by atoms with Crippen LogP contribution in [0.3, 0.4) is 0 Å². The second-order valence-corrected chi connectivity index (χ2v) is 5.05. The summed E-state index contributed by atoms with van der Waals surface area (Å²) < 4.78 is 0. The van der Waals surface area contributed by atoms with Crippen molar-refractivity contribution in [2.24, 2.45) is 11.5 Å². The Hall–Kier alpha value is -3.64. The Morgan fingerprint density at radius 2 is 1.62 bits per heavy atom. The van der Waals surface area contributed by atoms with Gasteiger partial charge in [-0.1, -0.05) is 18.2 Å². The molecule has 12 nitrogen and oxygen atoms in total. The SMILES string of the molecule is NC1(N)CC=CC([N+](=O)[O-])=C1C(=O)O.O=C(O)c1ccccc1[N+](=O)[O-]. The Morgan fingerprint density at radius 3 is 2.00 bits per heavy atom. The van der Waals surface area contributed by atoms with E-state index in [2.05, 4.69) is 0 Å². The lowest BCUT2D eigenvalue weighted by Crippen LogP contribution is -2.54. The fourth-order valence-corrected chi connectivity index (χ4v) is 2.06. The third-order valence-corrected chi connectivity index (χ3v) is 3.19. The molecule has 0 amide bonds. The molecular formula is C14H14N4O8. The molecule has 0 bridgehead atoms. The quantitative estimate of drug-likeness (QED) is 0.328. The minimum absolute atomic E-state index is 0.0615. The van der Waals surface area contributed by atoms with Gasteiger partial charge in [0.15, 0.2) is 0 Å². The van der Waals surface area contributed by atoms with Crippen LogP contribution in [0.5, 0.6) is 0 Å². The van der Waals surface area contributed by atoms with Crippen LogP contribution in [0, 0.1) is 20.2 Å². The Labute approximate surface area is 145 Å². The van der Waals surface area contributed by atoms with Crippen LogP contribution in [0.25, 0.3) is 0 Å². The van der Waals surface area contributed by atoms with Crippen molar-refractivity contribution in [2.75, 3.05) is 0 Å². The normalized spacial score (nSPS) is 14.8. The van der Waals surface area contributed by atoms with Crippen molar-refractivity contribution in [3.05, 3.63) is 73.5 Å². The highest BCUT2D eigenvalue weighted by Gasteiger charge is 2.39. The van der Waals surface area contributed by atoms with Crippen LogP contribution in [-0.4, -0.2) is 37.7 Å². The summed E-state index contributed by atoms with van der Waals surface area (Å²) in [4.78, 5) is 40.4. The van der Waals surface area contributed by atoms with Gasteiger partial charge in [-0.3, -0.25) is 20.2 Å². The van der Waals surface area contributed by atoms with E-state index in [4.69, 9.17) is 21.7 Å². The smallest absolute Gasteiger partial charge is 0.342 e. The topological polar surface area (TPSA) is 213 Å². The number of nitro groups is 2. The van der Waals surface area contributed by atoms with Crippen LogP contribution in [0.4, 0.5) is 5.69 Å².